The minimum atomic E-state index is 0.731. The van der Waals surface area contributed by atoms with Crippen LogP contribution in [-0.4, -0.2) is 0 Å². The molecule has 3 aliphatic rings. The second-order valence-electron chi connectivity index (χ2n) is 13.4. The zero-order valence-electron chi connectivity index (χ0n) is 23.9. The Morgan fingerprint density at radius 1 is 0.600 bits per heavy atom. The Hall–Kier alpha value is -0.780. The summed E-state index contributed by atoms with van der Waals surface area (Å²) in [7, 11) is 0. The van der Waals surface area contributed by atoms with E-state index in [-0.39, 0.29) is 0 Å². The molecule has 4 rings (SSSR count). The number of hydrogen-bond donors (Lipinski definition) is 0. The molecule has 0 heterocycles. The number of unbranched alkanes of at least 4 members (excludes halogenated alkanes) is 1. The highest BCUT2D eigenvalue weighted by Crippen LogP contribution is 2.46. The SMILES string of the molecule is CCCCC1CCC(C(C)C2CCC(C(C)c3ccc(C4CCC(CCC)CC4)cc3)CC2)CC1. The van der Waals surface area contributed by atoms with E-state index in [2.05, 4.69) is 52.0 Å². The molecule has 0 radical (unpaired) electrons. The predicted molar refractivity (Wildman–Crippen MR) is 154 cm³/mol. The monoisotopic (exact) mass is 478 g/mol. The molecule has 0 bridgehead atoms. The standard InChI is InChI=1S/C35H58/c1-5-7-9-29-10-14-30(15-11-29)26(3)31-18-20-32(21-19-31)27(4)33-22-24-35(25-23-33)34-16-12-28(8-6-2)13-17-34/h22-32,34H,5-21H2,1-4H3. The second-order valence-corrected chi connectivity index (χ2v) is 13.4. The summed E-state index contributed by atoms with van der Waals surface area (Å²) in [5.74, 6) is 7.51. The third kappa shape index (κ3) is 7.38. The molecule has 2 unspecified atom stereocenters. The van der Waals surface area contributed by atoms with Gasteiger partial charge in [-0.1, -0.05) is 96.9 Å². The molecule has 198 valence electrons. The van der Waals surface area contributed by atoms with Crippen molar-refractivity contribution in [3.8, 4) is 0 Å². The van der Waals surface area contributed by atoms with Gasteiger partial charge in [-0.25, -0.2) is 0 Å². The minimum absolute atomic E-state index is 0.731. The Morgan fingerprint density at radius 3 is 1.69 bits per heavy atom. The lowest BCUT2D eigenvalue weighted by Gasteiger charge is -2.40. The largest absolute Gasteiger partial charge is 0.0654 e. The number of benzene rings is 1. The third-order valence-corrected chi connectivity index (χ3v) is 11.3. The molecule has 3 fully saturated rings. The van der Waals surface area contributed by atoms with E-state index >= 15 is 0 Å². The zero-order valence-corrected chi connectivity index (χ0v) is 23.9. The fraction of sp³-hybridized carbons (Fsp3) is 0.829. The predicted octanol–water partition coefficient (Wildman–Crippen LogP) is 11.3. The van der Waals surface area contributed by atoms with E-state index in [0.29, 0.717) is 0 Å². The molecule has 0 aromatic heterocycles. The summed E-state index contributed by atoms with van der Waals surface area (Å²) in [6.07, 6.45) is 24.9. The summed E-state index contributed by atoms with van der Waals surface area (Å²) in [6, 6.07) is 10.0. The Bertz CT molecular complexity index is 692. The van der Waals surface area contributed by atoms with Crippen molar-refractivity contribution < 1.29 is 0 Å². The Kier molecular flexibility index (Phi) is 10.7. The normalized spacial score (nSPS) is 33.8. The molecular formula is C35H58. The molecule has 35 heavy (non-hydrogen) atoms. The van der Waals surface area contributed by atoms with Crippen molar-refractivity contribution in [1.82, 2.24) is 0 Å². The number of rotatable bonds is 10. The average Bonchev–Trinajstić information content (AvgIpc) is 2.92. The summed E-state index contributed by atoms with van der Waals surface area (Å²) in [5.41, 5.74) is 3.23. The van der Waals surface area contributed by atoms with Gasteiger partial charge in [-0.3, -0.25) is 0 Å². The molecule has 0 saturated heterocycles. The Morgan fingerprint density at radius 2 is 1.11 bits per heavy atom. The van der Waals surface area contributed by atoms with Crippen LogP contribution in [0.2, 0.25) is 0 Å². The van der Waals surface area contributed by atoms with Gasteiger partial charge in [-0.05, 0) is 123 Å². The highest BCUT2D eigenvalue weighted by atomic mass is 14.4. The highest BCUT2D eigenvalue weighted by molar-refractivity contribution is 5.28. The van der Waals surface area contributed by atoms with Gasteiger partial charge in [0.2, 0.25) is 0 Å². The fourth-order valence-electron chi connectivity index (χ4n) is 8.59. The summed E-state index contributed by atoms with van der Waals surface area (Å²) < 4.78 is 0. The molecule has 0 aliphatic heterocycles. The van der Waals surface area contributed by atoms with Crippen molar-refractivity contribution >= 4 is 0 Å². The van der Waals surface area contributed by atoms with Gasteiger partial charge >= 0.3 is 0 Å². The maximum Gasteiger partial charge on any atom is -0.0162 e. The van der Waals surface area contributed by atoms with Crippen LogP contribution in [0.1, 0.15) is 160 Å². The first-order valence-corrected chi connectivity index (χ1v) is 16.2. The van der Waals surface area contributed by atoms with E-state index in [1.807, 2.05) is 0 Å². The molecule has 0 nitrogen and oxygen atoms in total. The van der Waals surface area contributed by atoms with E-state index in [1.54, 1.807) is 11.1 Å². The lowest BCUT2D eigenvalue weighted by Crippen LogP contribution is -2.29. The Labute approximate surface area is 219 Å². The van der Waals surface area contributed by atoms with Crippen molar-refractivity contribution in [1.29, 1.82) is 0 Å². The van der Waals surface area contributed by atoms with Crippen LogP contribution >= 0.6 is 0 Å². The summed E-state index contributed by atoms with van der Waals surface area (Å²) in [5, 5.41) is 0. The topological polar surface area (TPSA) is 0 Å². The third-order valence-electron chi connectivity index (χ3n) is 11.3. The summed E-state index contributed by atoms with van der Waals surface area (Å²) in [6.45, 7) is 9.84. The smallest absolute Gasteiger partial charge is 0.0162 e. The van der Waals surface area contributed by atoms with Crippen LogP contribution in [0, 0.1) is 35.5 Å². The Balaban J connectivity index is 1.21. The molecule has 0 amide bonds. The van der Waals surface area contributed by atoms with E-state index in [1.165, 1.54) is 109 Å². The van der Waals surface area contributed by atoms with Gasteiger partial charge in [0.15, 0.2) is 0 Å². The van der Waals surface area contributed by atoms with Crippen molar-refractivity contribution in [2.75, 3.05) is 0 Å². The maximum absolute atomic E-state index is 2.62. The first-order valence-electron chi connectivity index (χ1n) is 16.2. The molecule has 0 N–H and O–H groups in total. The average molecular weight is 479 g/mol. The van der Waals surface area contributed by atoms with Gasteiger partial charge in [-0.2, -0.15) is 0 Å². The molecule has 1 aromatic rings. The quantitative estimate of drug-likeness (QED) is 0.313. The fourth-order valence-corrected chi connectivity index (χ4v) is 8.59. The highest BCUT2D eigenvalue weighted by Gasteiger charge is 2.33. The van der Waals surface area contributed by atoms with Crippen LogP contribution < -0.4 is 0 Å². The van der Waals surface area contributed by atoms with E-state index in [4.69, 9.17) is 0 Å². The van der Waals surface area contributed by atoms with Gasteiger partial charge < -0.3 is 0 Å². The van der Waals surface area contributed by atoms with Crippen LogP contribution in [0.4, 0.5) is 0 Å². The lowest BCUT2D eigenvalue weighted by atomic mass is 9.65. The second kappa shape index (κ2) is 13.7. The first kappa shape index (κ1) is 27.3. The van der Waals surface area contributed by atoms with Crippen LogP contribution in [0.5, 0.6) is 0 Å². The minimum Gasteiger partial charge on any atom is -0.0654 e. The van der Waals surface area contributed by atoms with Gasteiger partial charge in [-0.15, -0.1) is 0 Å². The molecule has 3 saturated carbocycles. The zero-order chi connectivity index (χ0) is 24.6. The molecule has 0 heteroatoms. The van der Waals surface area contributed by atoms with Crippen LogP contribution in [-0.2, 0) is 0 Å². The van der Waals surface area contributed by atoms with Crippen molar-refractivity contribution in [3.63, 3.8) is 0 Å². The van der Waals surface area contributed by atoms with Crippen LogP contribution in [0.15, 0.2) is 24.3 Å². The van der Waals surface area contributed by atoms with Gasteiger partial charge in [0.1, 0.15) is 0 Å². The number of hydrogen-bond acceptors (Lipinski definition) is 0. The molecule has 2 atom stereocenters. The van der Waals surface area contributed by atoms with Crippen molar-refractivity contribution in [3.05, 3.63) is 35.4 Å². The van der Waals surface area contributed by atoms with E-state index in [0.717, 1.165) is 47.3 Å². The van der Waals surface area contributed by atoms with Crippen molar-refractivity contribution in [2.24, 2.45) is 35.5 Å². The van der Waals surface area contributed by atoms with E-state index < -0.39 is 0 Å². The molecule has 0 spiro atoms. The maximum atomic E-state index is 2.62. The molecular weight excluding hydrogens is 420 g/mol. The first-order chi connectivity index (χ1) is 17.1. The molecule has 1 aromatic carbocycles. The molecule has 3 aliphatic carbocycles. The lowest BCUT2D eigenvalue weighted by molar-refractivity contribution is 0.118. The summed E-state index contributed by atoms with van der Waals surface area (Å²) >= 11 is 0. The van der Waals surface area contributed by atoms with Gasteiger partial charge in [0, 0.05) is 0 Å². The summed E-state index contributed by atoms with van der Waals surface area (Å²) in [4.78, 5) is 0. The van der Waals surface area contributed by atoms with Gasteiger partial charge in [0.25, 0.3) is 0 Å². The van der Waals surface area contributed by atoms with Crippen LogP contribution in [0.3, 0.4) is 0 Å². The van der Waals surface area contributed by atoms with Crippen molar-refractivity contribution in [2.45, 2.75) is 149 Å². The van der Waals surface area contributed by atoms with Gasteiger partial charge in [0.05, 0.1) is 0 Å². The van der Waals surface area contributed by atoms with E-state index in [9.17, 15) is 0 Å². The van der Waals surface area contributed by atoms with Crippen LogP contribution in [0.25, 0.3) is 0 Å².